The van der Waals surface area contributed by atoms with Crippen LogP contribution in [0.4, 0.5) is 0 Å². The Morgan fingerprint density at radius 1 is 1.62 bits per heavy atom. The average Bonchev–Trinajstić information content (AvgIpc) is 2.25. The van der Waals surface area contributed by atoms with Crippen molar-refractivity contribution >= 4 is 28.0 Å². The predicted octanol–water partition coefficient (Wildman–Crippen LogP) is 1.11. The van der Waals surface area contributed by atoms with Crippen LogP contribution in [-0.2, 0) is 4.79 Å². The fraction of sp³-hybridized carbons (Fsp3) is 0.0909. The Morgan fingerprint density at radius 3 is 2.75 bits per heavy atom. The van der Waals surface area contributed by atoms with Gasteiger partial charge in [0.25, 0.3) is 0 Å². The largest absolute Gasteiger partial charge is 0.544 e. The fourth-order valence-corrected chi connectivity index (χ4v) is 1.63. The van der Waals surface area contributed by atoms with Crippen molar-refractivity contribution in [1.82, 2.24) is 0 Å². The van der Waals surface area contributed by atoms with Gasteiger partial charge in [0, 0.05) is 0 Å². The summed E-state index contributed by atoms with van der Waals surface area (Å²) in [5.74, 6) is -0.862. The molecule has 0 unspecified atom stereocenters. The van der Waals surface area contributed by atoms with E-state index < -0.39 is 11.5 Å². The highest BCUT2D eigenvalue weighted by Crippen LogP contribution is 2.26. The number of halogens is 1. The van der Waals surface area contributed by atoms with Crippen LogP contribution in [0, 0.1) is 11.3 Å². The van der Waals surface area contributed by atoms with E-state index in [1.54, 1.807) is 24.3 Å². The molecule has 0 atom stereocenters. The van der Waals surface area contributed by atoms with Crippen LogP contribution >= 0.6 is 15.9 Å². The molecule has 0 heterocycles. The van der Waals surface area contributed by atoms with E-state index >= 15 is 0 Å². The van der Waals surface area contributed by atoms with Crippen molar-refractivity contribution < 1.29 is 14.6 Å². The zero-order valence-corrected chi connectivity index (χ0v) is 9.95. The average molecular weight is 281 g/mol. The van der Waals surface area contributed by atoms with Gasteiger partial charge in [0.1, 0.15) is 11.8 Å². The number of ether oxygens (including phenoxy) is 1. The van der Waals surface area contributed by atoms with E-state index in [0.717, 1.165) is 0 Å². The number of hydrogen-bond acceptors (Lipinski definition) is 4. The lowest BCUT2D eigenvalue weighted by Crippen LogP contribution is -2.23. The number of benzene rings is 1. The summed E-state index contributed by atoms with van der Waals surface area (Å²) >= 11 is 3.26. The first-order valence-corrected chi connectivity index (χ1v) is 5.04. The summed E-state index contributed by atoms with van der Waals surface area (Å²) in [5, 5.41) is 19.1. The topological polar surface area (TPSA) is 73.1 Å². The molecule has 82 valence electrons. The molecule has 0 aromatic heterocycles. The first-order valence-electron chi connectivity index (χ1n) is 4.25. The van der Waals surface area contributed by atoms with Crippen molar-refractivity contribution in [3.05, 3.63) is 33.8 Å². The Labute approximate surface area is 101 Å². The number of carbonyl (C=O) groups is 1. The molecular weight excluding hydrogens is 274 g/mol. The Hall–Kier alpha value is -1.80. The molecule has 0 aliphatic carbocycles. The number of nitrogens with zero attached hydrogens (tertiary/aromatic N) is 1. The maximum Gasteiger partial charge on any atom is 0.133 e. The monoisotopic (exact) mass is 280 g/mol. The predicted molar refractivity (Wildman–Crippen MR) is 59.3 cm³/mol. The number of carbonyl (C=O) groups excluding carboxylic acids is 1. The molecule has 0 aliphatic rings. The van der Waals surface area contributed by atoms with Gasteiger partial charge in [-0.05, 0) is 39.7 Å². The second-order valence-corrected chi connectivity index (χ2v) is 3.71. The molecule has 0 saturated heterocycles. The number of hydrogen-bond donors (Lipinski definition) is 0. The minimum Gasteiger partial charge on any atom is -0.544 e. The Morgan fingerprint density at radius 2 is 2.31 bits per heavy atom. The summed E-state index contributed by atoms with van der Waals surface area (Å²) in [6, 6.07) is 6.51. The Balaban J connectivity index is 3.12. The first kappa shape index (κ1) is 12.3. The van der Waals surface area contributed by atoms with E-state index in [-0.39, 0.29) is 0 Å². The van der Waals surface area contributed by atoms with Gasteiger partial charge < -0.3 is 14.6 Å². The summed E-state index contributed by atoms with van der Waals surface area (Å²) in [6.45, 7) is 0. The third kappa shape index (κ3) is 2.84. The maximum absolute atomic E-state index is 10.5. The minimum absolute atomic E-state index is 0.419. The lowest BCUT2D eigenvalue weighted by Gasteiger charge is -2.04. The van der Waals surface area contributed by atoms with Gasteiger partial charge in [0.2, 0.25) is 0 Å². The molecule has 0 saturated carbocycles. The number of aliphatic carboxylic acids is 1. The van der Waals surface area contributed by atoms with Crippen molar-refractivity contribution in [2.75, 3.05) is 7.11 Å². The van der Waals surface area contributed by atoms with Crippen LogP contribution in [0.3, 0.4) is 0 Å². The van der Waals surface area contributed by atoms with Crippen molar-refractivity contribution in [2.24, 2.45) is 0 Å². The number of rotatable bonds is 3. The standard InChI is InChI=1S/C11H8BrNO3/c1-16-10-3-2-7(5-9(10)12)4-8(6-13)11(14)15/h2-5H,1H3,(H,14,15)/p-1/b8-4+. The van der Waals surface area contributed by atoms with Gasteiger partial charge in [-0.3, -0.25) is 0 Å². The van der Waals surface area contributed by atoms with Crippen molar-refractivity contribution in [3.63, 3.8) is 0 Å². The molecule has 16 heavy (non-hydrogen) atoms. The highest BCUT2D eigenvalue weighted by Gasteiger charge is 2.01. The molecule has 1 aromatic carbocycles. The molecule has 5 heteroatoms. The second kappa shape index (κ2) is 5.33. The van der Waals surface area contributed by atoms with Gasteiger partial charge in [0.05, 0.1) is 23.1 Å². The van der Waals surface area contributed by atoms with E-state index in [0.29, 0.717) is 15.8 Å². The van der Waals surface area contributed by atoms with Gasteiger partial charge in [-0.1, -0.05) is 6.07 Å². The number of methoxy groups -OCH3 is 1. The summed E-state index contributed by atoms with van der Waals surface area (Å²) < 4.78 is 5.70. The van der Waals surface area contributed by atoms with Crippen molar-refractivity contribution in [2.45, 2.75) is 0 Å². The lowest BCUT2D eigenvalue weighted by atomic mass is 10.1. The molecule has 0 bridgehead atoms. The third-order valence-corrected chi connectivity index (χ3v) is 2.45. The van der Waals surface area contributed by atoms with Crippen LogP contribution < -0.4 is 9.84 Å². The van der Waals surface area contributed by atoms with Gasteiger partial charge in [-0.2, -0.15) is 5.26 Å². The van der Waals surface area contributed by atoms with E-state index in [4.69, 9.17) is 10.00 Å². The molecule has 0 radical (unpaired) electrons. The summed E-state index contributed by atoms with van der Waals surface area (Å²) in [7, 11) is 1.53. The van der Waals surface area contributed by atoms with E-state index in [2.05, 4.69) is 15.9 Å². The third-order valence-electron chi connectivity index (χ3n) is 1.83. The molecule has 0 amide bonds. The number of carboxylic acid groups (broad SMARTS) is 1. The second-order valence-electron chi connectivity index (χ2n) is 2.85. The highest BCUT2D eigenvalue weighted by atomic mass is 79.9. The molecule has 4 nitrogen and oxygen atoms in total. The first-order chi connectivity index (χ1) is 7.58. The lowest BCUT2D eigenvalue weighted by molar-refractivity contribution is -0.298. The summed E-state index contributed by atoms with van der Waals surface area (Å²) in [6.07, 6.45) is 1.24. The number of nitriles is 1. The van der Waals surface area contributed by atoms with E-state index in [1.165, 1.54) is 13.2 Å². The SMILES string of the molecule is COc1ccc(/C=C(\C#N)C(=O)[O-])cc1Br. The van der Waals surface area contributed by atoms with Gasteiger partial charge in [0.15, 0.2) is 0 Å². The molecule has 0 spiro atoms. The van der Waals surface area contributed by atoms with Gasteiger partial charge in [-0.25, -0.2) is 0 Å². The van der Waals surface area contributed by atoms with Crippen molar-refractivity contribution in [1.29, 1.82) is 5.26 Å². The molecular formula is C11H7BrNO3-. The maximum atomic E-state index is 10.5. The number of carboxylic acids is 1. The van der Waals surface area contributed by atoms with Crippen LogP contribution in [0.5, 0.6) is 5.75 Å². The normalized spacial score (nSPS) is 10.7. The van der Waals surface area contributed by atoms with Gasteiger partial charge in [-0.15, -0.1) is 0 Å². The van der Waals surface area contributed by atoms with E-state index in [9.17, 15) is 9.90 Å². The van der Waals surface area contributed by atoms with Crippen LogP contribution in [0.15, 0.2) is 28.2 Å². The molecule has 1 rings (SSSR count). The summed E-state index contributed by atoms with van der Waals surface area (Å²) in [5.41, 5.74) is 0.158. The molecule has 0 aliphatic heterocycles. The molecule has 0 fully saturated rings. The molecule has 1 aromatic rings. The fourth-order valence-electron chi connectivity index (χ4n) is 1.08. The quantitative estimate of drug-likeness (QED) is 0.614. The van der Waals surface area contributed by atoms with E-state index in [1.807, 2.05) is 0 Å². The Bertz CT molecular complexity index is 488. The van der Waals surface area contributed by atoms with Gasteiger partial charge >= 0.3 is 0 Å². The van der Waals surface area contributed by atoms with Crippen LogP contribution in [-0.4, -0.2) is 13.1 Å². The minimum atomic E-state index is -1.49. The van der Waals surface area contributed by atoms with Crippen LogP contribution in [0.2, 0.25) is 0 Å². The Kier molecular flexibility index (Phi) is 4.09. The highest BCUT2D eigenvalue weighted by molar-refractivity contribution is 9.10. The smallest absolute Gasteiger partial charge is 0.133 e. The zero-order chi connectivity index (χ0) is 12.1. The van der Waals surface area contributed by atoms with Crippen molar-refractivity contribution in [3.8, 4) is 11.8 Å². The zero-order valence-electron chi connectivity index (χ0n) is 8.36. The summed E-state index contributed by atoms with van der Waals surface area (Å²) in [4.78, 5) is 10.5. The van der Waals surface area contributed by atoms with Crippen LogP contribution in [0.25, 0.3) is 6.08 Å². The molecule has 0 N–H and O–H groups in total. The van der Waals surface area contributed by atoms with Crippen LogP contribution in [0.1, 0.15) is 5.56 Å².